The Morgan fingerprint density at radius 2 is 2.03 bits per heavy atom. The normalized spacial score (nSPS) is 19.2. The van der Waals surface area contributed by atoms with Gasteiger partial charge in [0.15, 0.2) is 0 Å². The minimum atomic E-state index is -3.63. The van der Waals surface area contributed by atoms with Crippen LogP contribution in [-0.2, 0) is 14.8 Å². The SMILES string of the molecule is CN(c1cccc2cc(C3=NCC(C(=O)N4CCCC4)S3)[nH]c12)S(=O)(=O)c1cccs1. The first-order valence-electron chi connectivity index (χ1n) is 10.1. The second kappa shape index (κ2) is 7.99. The Hall–Kier alpha value is -2.30. The van der Waals surface area contributed by atoms with Crippen molar-refractivity contribution in [2.45, 2.75) is 22.3 Å². The number of anilines is 1. The number of aliphatic imine (C=N–C) groups is 1. The number of para-hydroxylation sites is 1. The number of likely N-dealkylation sites (tertiary alicyclic amines) is 1. The summed E-state index contributed by atoms with van der Waals surface area (Å²) < 4.78 is 27.6. The lowest BCUT2D eigenvalue weighted by Crippen LogP contribution is -2.36. The number of nitrogens with zero attached hydrogens (tertiary/aromatic N) is 3. The van der Waals surface area contributed by atoms with Crippen LogP contribution in [0, 0.1) is 0 Å². The number of benzene rings is 1. The van der Waals surface area contributed by atoms with E-state index in [1.807, 2.05) is 23.1 Å². The number of amides is 1. The van der Waals surface area contributed by atoms with Gasteiger partial charge in [0.25, 0.3) is 10.0 Å². The van der Waals surface area contributed by atoms with E-state index in [0.29, 0.717) is 16.4 Å². The highest BCUT2D eigenvalue weighted by Gasteiger charge is 2.32. The molecule has 1 amide bonds. The predicted molar refractivity (Wildman–Crippen MR) is 127 cm³/mol. The number of thiophene rings is 1. The smallest absolute Gasteiger partial charge is 0.273 e. The van der Waals surface area contributed by atoms with Crippen LogP contribution >= 0.6 is 23.1 Å². The van der Waals surface area contributed by atoms with Crippen molar-refractivity contribution in [1.82, 2.24) is 9.88 Å². The summed E-state index contributed by atoms with van der Waals surface area (Å²) in [7, 11) is -2.07. The molecule has 4 heterocycles. The van der Waals surface area contributed by atoms with Gasteiger partial charge < -0.3 is 9.88 Å². The van der Waals surface area contributed by atoms with Gasteiger partial charge in [-0.1, -0.05) is 30.0 Å². The zero-order valence-electron chi connectivity index (χ0n) is 16.9. The Balaban J connectivity index is 1.42. The van der Waals surface area contributed by atoms with Gasteiger partial charge in [-0.05, 0) is 36.4 Å². The fourth-order valence-corrected chi connectivity index (χ4v) is 7.41. The molecule has 1 unspecified atom stereocenters. The van der Waals surface area contributed by atoms with E-state index in [1.165, 1.54) is 27.4 Å². The molecule has 2 aliphatic rings. The van der Waals surface area contributed by atoms with Crippen molar-refractivity contribution in [3.8, 4) is 0 Å². The van der Waals surface area contributed by atoms with Crippen molar-refractivity contribution in [2.24, 2.45) is 4.99 Å². The van der Waals surface area contributed by atoms with Crippen LogP contribution in [0.1, 0.15) is 18.5 Å². The highest BCUT2D eigenvalue weighted by Crippen LogP contribution is 2.34. The van der Waals surface area contributed by atoms with Gasteiger partial charge in [0.05, 0.1) is 23.4 Å². The molecule has 3 aromatic rings. The van der Waals surface area contributed by atoms with Crippen LogP contribution in [-0.4, -0.2) is 61.2 Å². The summed E-state index contributed by atoms with van der Waals surface area (Å²) in [5, 5.41) is 3.27. The van der Waals surface area contributed by atoms with Crippen molar-refractivity contribution in [3.05, 3.63) is 47.5 Å². The first kappa shape index (κ1) is 20.6. The van der Waals surface area contributed by atoms with Crippen molar-refractivity contribution < 1.29 is 13.2 Å². The molecule has 1 atom stereocenters. The standard InChI is InChI=1S/C21H22N4O3S3/c1-24(31(27,28)18-8-5-11-29-18)16-7-4-6-14-12-15(23-19(14)16)20-22-13-17(30-20)21(26)25-9-2-3-10-25/h4-8,11-12,17,23H,2-3,9-10,13H2,1H3. The summed E-state index contributed by atoms with van der Waals surface area (Å²) in [6, 6.07) is 10.9. The maximum absolute atomic E-state index is 13.0. The number of nitrogens with one attached hydrogen (secondary N) is 1. The highest BCUT2D eigenvalue weighted by atomic mass is 32.2. The van der Waals surface area contributed by atoms with E-state index < -0.39 is 10.0 Å². The third kappa shape index (κ3) is 3.66. The number of hydrogen-bond acceptors (Lipinski definition) is 6. The zero-order valence-corrected chi connectivity index (χ0v) is 19.4. The first-order valence-corrected chi connectivity index (χ1v) is 13.3. The minimum Gasteiger partial charge on any atom is -0.351 e. The van der Waals surface area contributed by atoms with Crippen LogP contribution in [0.3, 0.4) is 0 Å². The van der Waals surface area contributed by atoms with Gasteiger partial charge in [0, 0.05) is 25.5 Å². The topological polar surface area (TPSA) is 85.8 Å². The van der Waals surface area contributed by atoms with Gasteiger partial charge in [-0.25, -0.2) is 8.42 Å². The molecule has 2 aliphatic heterocycles. The molecular weight excluding hydrogens is 452 g/mol. The van der Waals surface area contributed by atoms with E-state index in [9.17, 15) is 13.2 Å². The molecule has 0 spiro atoms. The summed E-state index contributed by atoms with van der Waals surface area (Å²) in [6.45, 7) is 2.16. The van der Waals surface area contributed by atoms with Crippen LogP contribution in [0.5, 0.6) is 0 Å². The number of thioether (sulfide) groups is 1. The molecule has 1 fully saturated rings. The molecule has 31 heavy (non-hydrogen) atoms. The van der Waals surface area contributed by atoms with Gasteiger partial charge in [-0.3, -0.25) is 14.1 Å². The van der Waals surface area contributed by atoms with Gasteiger partial charge in [0.2, 0.25) is 5.91 Å². The maximum Gasteiger partial charge on any atom is 0.273 e. The molecule has 10 heteroatoms. The number of sulfonamides is 1. The number of carbonyl (C=O) groups is 1. The summed E-state index contributed by atoms with van der Waals surface area (Å²) in [5.74, 6) is 0.167. The number of rotatable bonds is 5. The number of fused-ring (bicyclic) bond motifs is 1. The number of H-pyrrole nitrogens is 1. The van der Waals surface area contributed by atoms with E-state index in [-0.39, 0.29) is 11.2 Å². The Morgan fingerprint density at radius 3 is 2.77 bits per heavy atom. The van der Waals surface area contributed by atoms with Crippen molar-refractivity contribution in [1.29, 1.82) is 0 Å². The van der Waals surface area contributed by atoms with E-state index in [1.54, 1.807) is 30.6 Å². The quantitative estimate of drug-likeness (QED) is 0.613. The average molecular weight is 475 g/mol. The lowest BCUT2D eigenvalue weighted by Gasteiger charge is -2.19. The molecule has 1 saturated heterocycles. The van der Waals surface area contributed by atoms with Crippen LogP contribution < -0.4 is 4.31 Å². The number of hydrogen-bond donors (Lipinski definition) is 1. The Kier molecular flexibility index (Phi) is 5.31. The van der Waals surface area contributed by atoms with E-state index in [2.05, 4.69) is 9.98 Å². The largest absolute Gasteiger partial charge is 0.351 e. The number of carbonyl (C=O) groups excluding carboxylic acids is 1. The van der Waals surface area contributed by atoms with Crippen LogP contribution in [0.4, 0.5) is 5.69 Å². The molecule has 7 nitrogen and oxygen atoms in total. The van der Waals surface area contributed by atoms with Gasteiger partial charge in [0.1, 0.15) is 14.5 Å². The molecule has 0 saturated carbocycles. The molecule has 0 aliphatic carbocycles. The van der Waals surface area contributed by atoms with Crippen molar-refractivity contribution in [2.75, 3.05) is 31.0 Å². The first-order chi connectivity index (χ1) is 14.9. The third-order valence-corrected chi connectivity index (χ3v) is 10.0. The van der Waals surface area contributed by atoms with Gasteiger partial charge in [-0.15, -0.1) is 11.3 Å². The summed E-state index contributed by atoms with van der Waals surface area (Å²) in [6.07, 6.45) is 2.15. The Labute approximate surface area is 189 Å². The molecule has 0 bridgehead atoms. The van der Waals surface area contributed by atoms with Crippen LogP contribution in [0.15, 0.2) is 51.0 Å². The second-order valence-electron chi connectivity index (χ2n) is 7.61. The minimum absolute atomic E-state index is 0.167. The lowest BCUT2D eigenvalue weighted by molar-refractivity contribution is -0.129. The predicted octanol–water partition coefficient (Wildman–Crippen LogP) is 3.54. The van der Waals surface area contributed by atoms with Crippen molar-refractivity contribution >= 4 is 60.7 Å². The van der Waals surface area contributed by atoms with E-state index in [0.717, 1.165) is 47.6 Å². The molecule has 1 N–H and O–H groups in total. The van der Waals surface area contributed by atoms with Gasteiger partial charge >= 0.3 is 0 Å². The Bertz CT molecular complexity index is 1260. The van der Waals surface area contributed by atoms with Crippen molar-refractivity contribution in [3.63, 3.8) is 0 Å². The van der Waals surface area contributed by atoms with Crippen LogP contribution in [0.2, 0.25) is 0 Å². The summed E-state index contributed by atoms with van der Waals surface area (Å²) in [4.78, 5) is 22.6. The maximum atomic E-state index is 13.0. The lowest BCUT2D eigenvalue weighted by atomic mass is 10.2. The zero-order chi connectivity index (χ0) is 21.6. The molecule has 5 rings (SSSR count). The summed E-state index contributed by atoms with van der Waals surface area (Å²) in [5.41, 5.74) is 2.12. The molecule has 2 aromatic heterocycles. The Morgan fingerprint density at radius 1 is 1.23 bits per heavy atom. The highest BCUT2D eigenvalue weighted by molar-refractivity contribution is 8.15. The monoisotopic (exact) mass is 474 g/mol. The molecule has 162 valence electrons. The van der Waals surface area contributed by atoms with Crippen LogP contribution in [0.25, 0.3) is 10.9 Å². The number of aromatic amines is 1. The fourth-order valence-electron chi connectivity index (χ4n) is 3.99. The fraction of sp³-hybridized carbons (Fsp3) is 0.333. The number of aromatic nitrogens is 1. The molecular formula is C21H22N4O3S3. The average Bonchev–Trinajstić information content (AvgIpc) is 3.58. The summed E-state index contributed by atoms with van der Waals surface area (Å²) >= 11 is 2.69. The third-order valence-electron chi connectivity index (χ3n) is 5.66. The van der Waals surface area contributed by atoms with E-state index in [4.69, 9.17) is 0 Å². The van der Waals surface area contributed by atoms with E-state index >= 15 is 0 Å². The molecule has 1 aromatic carbocycles. The van der Waals surface area contributed by atoms with Gasteiger partial charge in [-0.2, -0.15) is 0 Å². The second-order valence-corrected chi connectivity index (χ2v) is 11.9. The molecule has 0 radical (unpaired) electrons.